The number of aliphatic hydroxyl groups excluding tert-OH is 1. The highest BCUT2D eigenvalue weighted by Gasteiger charge is 2.07. The fourth-order valence-electron chi connectivity index (χ4n) is 1.91. The molecule has 4 heteroatoms. The van der Waals surface area contributed by atoms with Crippen LogP contribution in [0.4, 0.5) is 0 Å². The van der Waals surface area contributed by atoms with Crippen LogP contribution in [0.1, 0.15) is 17.5 Å². The van der Waals surface area contributed by atoms with E-state index in [1.54, 1.807) is 14.2 Å². The molecule has 1 aromatic rings. The molecular weight excluding hydrogens is 230 g/mol. The van der Waals surface area contributed by atoms with Gasteiger partial charge in [0.15, 0.2) is 0 Å². The average molecular weight is 253 g/mol. The third-order valence-electron chi connectivity index (χ3n) is 2.90. The van der Waals surface area contributed by atoms with Gasteiger partial charge in [0.2, 0.25) is 0 Å². The molecule has 0 amide bonds. The van der Waals surface area contributed by atoms with Crippen molar-refractivity contribution in [3.05, 3.63) is 29.3 Å². The van der Waals surface area contributed by atoms with Gasteiger partial charge in [-0.05, 0) is 30.5 Å². The number of aliphatic hydroxyl groups is 1. The minimum Gasteiger partial charge on any atom is -0.496 e. The molecule has 0 radical (unpaired) electrons. The van der Waals surface area contributed by atoms with Crippen molar-refractivity contribution in [2.45, 2.75) is 25.9 Å². The van der Waals surface area contributed by atoms with Gasteiger partial charge < -0.3 is 19.9 Å². The molecule has 0 aliphatic rings. The van der Waals surface area contributed by atoms with Crippen LogP contribution in [-0.4, -0.2) is 38.6 Å². The predicted molar refractivity (Wildman–Crippen MR) is 71.9 cm³/mol. The first-order valence-electron chi connectivity index (χ1n) is 6.18. The molecule has 102 valence electrons. The summed E-state index contributed by atoms with van der Waals surface area (Å²) in [6, 6.07) is 6.31. The Morgan fingerprint density at radius 1 is 1.33 bits per heavy atom. The fourth-order valence-corrected chi connectivity index (χ4v) is 1.91. The summed E-state index contributed by atoms with van der Waals surface area (Å²) >= 11 is 0. The maximum Gasteiger partial charge on any atom is 0.121 e. The highest BCUT2D eigenvalue weighted by Crippen LogP contribution is 2.18. The topological polar surface area (TPSA) is 50.7 Å². The average Bonchev–Trinajstić information content (AvgIpc) is 2.36. The molecule has 0 heterocycles. The first-order chi connectivity index (χ1) is 8.71. The minimum absolute atomic E-state index is 0.169. The predicted octanol–water partition coefficient (Wildman–Crippen LogP) is 1.49. The number of hydrogen-bond acceptors (Lipinski definition) is 4. The fraction of sp³-hybridized carbons (Fsp3) is 0.571. The van der Waals surface area contributed by atoms with E-state index in [-0.39, 0.29) is 12.6 Å². The van der Waals surface area contributed by atoms with E-state index in [1.807, 2.05) is 19.1 Å². The van der Waals surface area contributed by atoms with Gasteiger partial charge in [0.05, 0.1) is 13.7 Å². The SMILES string of the molecule is COCC(CCO)NCc1ccc(OC)c(C)c1. The van der Waals surface area contributed by atoms with Crippen molar-refractivity contribution >= 4 is 0 Å². The number of hydrogen-bond donors (Lipinski definition) is 2. The highest BCUT2D eigenvalue weighted by molar-refractivity contribution is 5.36. The van der Waals surface area contributed by atoms with E-state index >= 15 is 0 Å². The summed E-state index contributed by atoms with van der Waals surface area (Å²) in [6.45, 7) is 3.57. The lowest BCUT2D eigenvalue weighted by Crippen LogP contribution is -2.33. The summed E-state index contributed by atoms with van der Waals surface area (Å²) in [5, 5.41) is 12.3. The van der Waals surface area contributed by atoms with Crippen molar-refractivity contribution in [3.8, 4) is 5.75 Å². The van der Waals surface area contributed by atoms with E-state index < -0.39 is 0 Å². The highest BCUT2D eigenvalue weighted by atomic mass is 16.5. The summed E-state index contributed by atoms with van der Waals surface area (Å²) in [7, 11) is 3.35. The third kappa shape index (κ3) is 4.64. The van der Waals surface area contributed by atoms with Crippen LogP contribution in [0.3, 0.4) is 0 Å². The summed E-state index contributed by atoms with van der Waals surface area (Å²) in [5.41, 5.74) is 2.33. The van der Waals surface area contributed by atoms with Gasteiger partial charge in [-0.15, -0.1) is 0 Å². The maximum atomic E-state index is 8.96. The van der Waals surface area contributed by atoms with Gasteiger partial charge in [-0.1, -0.05) is 12.1 Å². The lowest BCUT2D eigenvalue weighted by Gasteiger charge is -2.17. The molecule has 2 N–H and O–H groups in total. The van der Waals surface area contributed by atoms with Crippen LogP contribution in [0.5, 0.6) is 5.75 Å². The largest absolute Gasteiger partial charge is 0.496 e. The first-order valence-corrected chi connectivity index (χ1v) is 6.18. The molecule has 0 saturated heterocycles. The Morgan fingerprint density at radius 3 is 2.67 bits per heavy atom. The van der Waals surface area contributed by atoms with Gasteiger partial charge in [-0.3, -0.25) is 0 Å². The van der Waals surface area contributed by atoms with Crippen molar-refractivity contribution in [1.29, 1.82) is 0 Å². The van der Waals surface area contributed by atoms with Crippen molar-refractivity contribution in [1.82, 2.24) is 5.32 Å². The summed E-state index contributed by atoms with van der Waals surface area (Å²) < 4.78 is 10.3. The van der Waals surface area contributed by atoms with Crippen LogP contribution in [0.15, 0.2) is 18.2 Å². The van der Waals surface area contributed by atoms with Crippen molar-refractivity contribution in [3.63, 3.8) is 0 Å². The molecule has 1 rings (SSSR count). The van der Waals surface area contributed by atoms with Crippen LogP contribution in [0.2, 0.25) is 0 Å². The molecule has 1 unspecified atom stereocenters. The van der Waals surface area contributed by atoms with Gasteiger partial charge in [-0.25, -0.2) is 0 Å². The quantitative estimate of drug-likeness (QED) is 0.737. The maximum absolute atomic E-state index is 8.96. The van der Waals surface area contributed by atoms with Crippen molar-refractivity contribution in [2.75, 3.05) is 27.4 Å². The van der Waals surface area contributed by atoms with Gasteiger partial charge in [0.1, 0.15) is 5.75 Å². The number of ether oxygens (including phenoxy) is 2. The van der Waals surface area contributed by atoms with E-state index in [1.165, 1.54) is 5.56 Å². The van der Waals surface area contributed by atoms with E-state index in [2.05, 4.69) is 11.4 Å². The minimum atomic E-state index is 0.169. The van der Waals surface area contributed by atoms with Crippen molar-refractivity contribution in [2.24, 2.45) is 0 Å². The second kappa shape index (κ2) is 8.08. The number of benzene rings is 1. The van der Waals surface area contributed by atoms with Crippen LogP contribution in [0, 0.1) is 6.92 Å². The summed E-state index contributed by atoms with van der Waals surface area (Å²) in [4.78, 5) is 0. The van der Waals surface area contributed by atoms with Gasteiger partial charge in [-0.2, -0.15) is 0 Å². The van der Waals surface area contributed by atoms with Gasteiger partial charge >= 0.3 is 0 Å². The molecule has 0 aliphatic carbocycles. The lowest BCUT2D eigenvalue weighted by atomic mass is 10.1. The molecular formula is C14H23NO3. The van der Waals surface area contributed by atoms with Crippen LogP contribution in [0.25, 0.3) is 0 Å². The monoisotopic (exact) mass is 253 g/mol. The molecule has 0 spiro atoms. The molecule has 0 fully saturated rings. The molecule has 0 saturated carbocycles. The van der Waals surface area contributed by atoms with Gasteiger partial charge in [0.25, 0.3) is 0 Å². The second-order valence-electron chi connectivity index (χ2n) is 4.35. The molecule has 0 aromatic heterocycles. The van der Waals surface area contributed by atoms with E-state index in [0.717, 1.165) is 17.9 Å². The van der Waals surface area contributed by atoms with Gasteiger partial charge in [0, 0.05) is 26.3 Å². The lowest BCUT2D eigenvalue weighted by molar-refractivity contribution is 0.148. The Bertz CT molecular complexity index is 349. The summed E-state index contributed by atoms with van der Waals surface area (Å²) in [5.74, 6) is 0.905. The third-order valence-corrected chi connectivity index (χ3v) is 2.90. The standard InChI is InChI=1S/C14H23NO3/c1-11-8-12(4-5-14(11)18-3)9-15-13(6-7-16)10-17-2/h4-5,8,13,15-16H,6-7,9-10H2,1-3H3. The molecule has 0 bridgehead atoms. The zero-order valence-corrected chi connectivity index (χ0v) is 11.4. The van der Waals surface area contributed by atoms with E-state index in [0.29, 0.717) is 13.0 Å². The number of aryl methyl sites for hydroxylation is 1. The Labute approximate surface area is 109 Å². The van der Waals surface area contributed by atoms with Crippen LogP contribution >= 0.6 is 0 Å². The molecule has 18 heavy (non-hydrogen) atoms. The van der Waals surface area contributed by atoms with Crippen LogP contribution < -0.4 is 10.1 Å². The Balaban J connectivity index is 2.53. The summed E-state index contributed by atoms with van der Waals surface area (Å²) in [6.07, 6.45) is 0.697. The number of nitrogens with one attached hydrogen (secondary N) is 1. The Morgan fingerprint density at radius 2 is 2.11 bits per heavy atom. The Kier molecular flexibility index (Phi) is 6.72. The zero-order chi connectivity index (χ0) is 13.4. The number of rotatable bonds is 8. The molecule has 4 nitrogen and oxygen atoms in total. The van der Waals surface area contributed by atoms with E-state index in [4.69, 9.17) is 14.6 Å². The second-order valence-corrected chi connectivity index (χ2v) is 4.35. The van der Waals surface area contributed by atoms with Crippen molar-refractivity contribution < 1.29 is 14.6 Å². The molecule has 1 aromatic carbocycles. The van der Waals surface area contributed by atoms with E-state index in [9.17, 15) is 0 Å². The van der Waals surface area contributed by atoms with Crippen LogP contribution in [-0.2, 0) is 11.3 Å². The number of methoxy groups -OCH3 is 2. The normalized spacial score (nSPS) is 12.4. The zero-order valence-electron chi connectivity index (χ0n) is 11.4. The molecule has 0 aliphatic heterocycles. The smallest absolute Gasteiger partial charge is 0.121 e. The molecule has 1 atom stereocenters. The Hall–Kier alpha value is -1.10. The first kappa shape index (κ1) is 15.0.